The van der Waals surface area contributed by atoms with E-state index in [9.17, 15) is 0 Å². The lowest BCUT2D eigenvalue weighted by molar-refractivity contribution is 0.599. The van der Waals surface area contributed by atoms with Gasteiger partial charge in [-0.25, -0.2) is 0 Å². The molecule has 1 rings (SSSR count). The minimum absolute atomic E-state index is 0.319. The predicted octanol–water partition coefficient (Wildman–Crippen LogP) is 4.70. The third kappa shape index (κ3) is 2.60. The van der Waals surface area contributed by atoms with E-state index in [0.29, 0.717) is 5.41 Å². The van der Waals surface area contributed by atoms with Crippen LogP contribution in [0.25, 0.3) is 0 Å². The molecule has 0 amide bonds. The largest absolute Gasteiger partial charge is 0.148 e. The van der Waals surface area contributed by atoms with Gasteiger partial charge in [-0.05, 0) is 41.7 Å². The zero-order valence-corrected chi connectivity index (χ0v) is 10.9. The number of aryl methyl sites for hydroxylation is 1. The first-order chi connectivity index (χ1) is 6.46. The first-order valence-corrected chi connectivity index (χ1v) is 6.42. The van der Waals surface area contributed by atoms with Gasteiger partial charge >= 0.3 is 0 Å². The van der Waals surface area contributed by atoms with Crippen molar-refractivity contribution in [3.8, 4) is 0 Å². The molecule has 1 heteroatoms. The average Bonchev–Trinajstić information content (AvgIpc) is 2.42. The van der Waals surface area contributed by atoms with Crippen LogP contribution in [0, 0.1) is 6.92 Å². The highest BCUT2D eigenvalue weighted by Crippen LogP contribution is 2.33. The van der Waals surface area contributed by atoms with Crippen molar-refractivity contribution in [2.45, 2.75) is 59.3 Å². The van der Waals surface area contributed by atoms with Gasteiger partial charge < -0.3 is 0 Å². The Kier molecular flexibility index (Phi) is 3.77. The van der Waals surface area contributed by atoms with E-state index in [1.165, 1.54) is 24.8 Å². The minimum Gasteiger partial charge on any atom is -0.148 e. The topological polar surface area (TPSA) is 0 Å². The van der Waals surface area contributed by atoms with Crippen molar-refractivity contribution in [2.24, 2.45) is 0 Å². The first kappa shape index (κ1) is 11.8. The summed E-state index contributed by atoms with van der Waals surface area (Å²) in [7, 11) is 0. The summed E-state index contributed by atoms with van der Waals surface area (Å²) in [6.45, 7) is 11.4. The van der Waals surface area contributed by atoms with Crippen molar-refractivity contribution in [1.29, 1.82) is 0 Å². The number of unbranched alkanes of at least 4 members (excludes halogenated alkanes) is 1. The Morgan fingerprint density at radius 3 is 2.36 bits per heavy atom. The second-order valence-corrected chi connectivity index (χ2v) is 5.95. The van der Waals surface area contributed by atoms with Crippen LogP contribution in [0.2, 0.25) is 0 Å². The molecule has 14 heavy (non-hydrogen) atoms. The molecule has 0 aliphatic heterocycles. The zero-order chi connectivity index (χ0) is 10.8. The lowest BCUT2D eigenvalue weighted by Gasteiger charge is -2.18. The van der Waals surface area contributed by atoms with Crippen LogP contribution in [0.5, 0.6) is 0 Å². The maximum atomic E-state index is 2.35. The standard InChI is InChI=1S/C13H22S/c1-6-7-8-11-9-14-12(10(11)2)13(3,4)5/h9H,6-8H2,1-5H3. The number of rotatable bonds is 3. The molecule has 0 unspecified atom stereocenters. The van der Waals surface area contributed by atoms with E-state index in [1.54, 1.807) is 10.4 Å². The lowest BCUT2D eigenvalue weighted by atomic mass is 9.90. The second-order valence-electron chi connectivity index (χ2n) is 5.07. The molecule has 0 aliphatic rings. The summed E-state index contributed by atoms with van der Waals surface area (Å²) in [6.07, 6.45) is 3.87. The monoisotopic (exact) mass is 210 g/mol. The van der Waals surface area contributed by atoms with Crippen LogP contribution in [-0.4, -0.2) is 0 Å². The molecule has 0 N–H and O–H groups in total. The van der Waals surface area contributed by atoms with Crippen LogP contribution in [0.4, 0.5) is 0 Å². The molecule has 0 aromatic carbocycles. The Bertz CT molecular complexity index is 289. The third-order valence-corrected chi connectivity index (χ3v) is 4.18. The van der Waals surface area contributed by atoms with Gasteiger partial charge in [0.05, 0.1) is 0 Å². The van der Waals surface area contributed by atoms with Crippen molar-refractivity contribution in [1.82, 2.24) is 0 Å². The van der Waals surface area contributed by atoms with Crippen molar-refractivity contribution < 1.29 is 0 Å². The van der Waals surface area contributed by atoms with Crippen LogP contribution in [0.1, 0.15) is 56.5 Å². The van der Waals surface area contributed by atoms with Crippen molar-refractivity contribution in [2.75, 3.05) is 0 Å². The lowest BCUT2D eigenvalue weighted by Crippen LogP contribution is -2.10. The van der Waals surface area contributed by atoms with E-state index < -0.39 is 0 Å². The molecule has 0 bridgehead atoms. The van der Waals surface area contributed by atoms with Crippen molar-refractivity contribution in [3.05, 3.63) is 21.4 Å². The molecule has 0 nitrogen and oxygen atoms in total. The van der Waals surface area contributed by atoms with Crippen LogP contribution in [0.15, 0.2) is 5.38 Å². The van der Waals surface area contributed by atoms with Gasteiger partial charge in [-0.15, -0.1) is 11.3 Å². The maximum absolute atomic E-state index is 2.35. The minimum atomic E-state index is 0.319. The fourth-order valence-electron chi connectivity index (χ4n) is 1.81. The molecule has 0 saturated carbocycles. The summed E-state index contributed by atoms with van der Waals surface area (Å²) < 4.78 is 0. The maximum Gasteiger partial charge on any atom is 0.0131 e. The Hall–Kier alpha value is -0.300. The fraction of sp³-hybridized carbons (Fsp3) is 0.692. The highest BCUT2D eigenvalue weighted by molar-refractivity contribution is 7.10. The van der Waals surface area contributed by atoms with Gasteiger partial charge in [-0.3, -0.25) is 0 Å². The molecular weight excluding hydrogens is 188 g/mol. The van der Waals surface area contributed by atoms with Gasteiger partial charge in [-0.2, -0.15) is 0 Å². The van der Waals surface area contributed by atoms with Crippen molar-refractivity contribution in [3.63, 3.8) is 0 Å². The van der Waals surface area contributed by atoms with E-state index in [-0.39, 0.29) is 0 Å². The van der Waals surface area contributed by atoms with Crippen LogP contribution >= 0.6 is 11.3 Å². The molecule has 1 aromatic heterocycles. The van der Waals surface area contributed by atoms with Gasteiger partial charge in [-0.1, -0.05) is 34.1 Å². The van der Waals surface area contributed by atoms with Crippen LogP contribution < -0.4 is 0 Å². The van der Waals surface area contributed by atoms with E-state index in [2.05, 4.69) is 40.0 Å². The molecule has 1 aromatic rings. The summed E-state index contributed by atoms with van der Waals surface area (Å²) in [5.74, 6) is 0. The fourth-order valence-corrected chi connectivity index (χ4v) is 3.02. The number of hydrogen-bond acceptors (Lipinski definition) is 1. The van der Waals surface area contributed by atoms with Crippen LogP contribution in [-0.2, 0) is 11.8 Å². The molecule has 0 radical (unpaired) electrons. The number of hydrogen-bond donors (Lipinski definition) is 0. The van der Waals surface area contributed by atoms with Crippen molar-refractivity contribution >= 4 is 11.3 Å². The van der Waals surface area contributed by atoms with E-state index in [0.717, 1.165) is 0 Å². The SMILES string of the molecule is CCCCc1csc(C(C)(C)C)c1C. The molecule has 1 heterocycles. The van der Waals surface area contributed by atoms with E-state index >= 15 is 0 Å². The summed E-state index contributed by atoms with van der Waals surface area (Å²) in [6, 6.07) is 0. The van der Waals surface area contributed by atoms with E-state index in [4.69, 9.17) is 0 Å². The predicted molar refractivity (Wildman–Crippen MR) is 66.4 cm³/mol. The number of thiophene rings is 1. The molecule has 0 spiro atoms. The summed E-state index contributed by atoms with van der Waals surface area (Å²) in [4.78, 5) is 1.56. The Morgan fingerprint density at radius 1 is 1.29 bits per heavy atom. The summed E-state index contributed by atoms with van der Waals surface area (Å²) in [5, 5.41) is 2.35. The second kappa shape index (κ2) is 4.48. The Labute approximate surface area is 92.4 Å². The molecule has 0 atom stereocenters. The highest BCUT2D eigenvalue weighted by Gasteiger charge is 2.19. The molecule has 0 aliphatic carbocycles. The van der Waals surface area contributed by atoms with Gasteiger partial charge in [0, 0.05) is 4.88 Å². The Morgan fingerprint density at radius 2 is 1.93 bits per heavy atom. The smallest absolute Gasteiger partial charge is 0.0131 e. The van der Waals surface area contributed by atoms with Gasteiger partial charge in [0.15, 0.2) is 0 Å². The average molecular weight is 210 g/mol. The quantitative estimate of drug-likeness (QED) is 0.678. The molecule has 0 saturated heterocycles. The molecular formula is C13H22S. The van der Waals surface area contributed by atoms with Crippen LogP contribution in [0.3, 0.4) is 0 Å². The molecule has 0 fully saturated rings. The van der Waals surface area contributed by atoms with Gasteiger partial charge in [0.2, 0.25) is 0 Å². The molecule has 80 valence electrons. The third-order valence-electron chi connectivity index (χ3n) is 2.62. The normalized spacial score (nSPS) is 12.1. The highest BCUT2D eigenvalue weighted by atomic mass is 32.1. The summed E-state index contributed by atoms with van der Waals surface area (Å²) >= 11 is 1.93. The van der Waals surface area contributed by atoms with E-state index in [1.807, 2.05) is 11.3 Å². The van der Waals surface area contributed by atoms with Gasteiger partial charge in [0.1, 0.15) is 0 Å². The summed E-state index contributed by atoms with van der Waals surface area (Å²) in [5.41, 5.74) is 3.43. The first-order valence-electron chi connectivity index (χ1n) is 5.54. The van der Waals surface area contributed by atoms with Gasteiger partial charge in [0.25, 0.3) is 0 Å². The Balaban J connectivity index is 2.86. The zero-order valence-electron chi connectivity index (χ0n) is 10.1.